The van der Waals surface area contributed by atoms with Crippen molar-refractivity contribution in [3.8, 4) is 17.2 Å². The van der Waals surface area contributed by atoms with Gasteiger partial charge in [0.2, 0.25) is 0 Å². The number of hydrogen-bond acceptors (Lipinski definition) is 5. The molecule has 3 amide bonds. The molecule has 2 aromatic carbocycles. The molecule has 2 saturated heterocycles. The Bertz CT molecular complexity index is 1250. The lowest BCUT2D eigenvalue weighted by Crippen LogP contribution is -2.54. The second kappa shape index (κ2) is 10.1. The maximum atomic E-state index is 13.8. The Kier molecular flexibility index (Phi) is 6.99. The van der Waals surface area contributed by atoms with Crippen LogP contribution in [0.15, 0.2) is 48.2 Å². The first kappa shape index (κ1) is 25.7. The number of carbonyl (C=O) groups excluding carboxylic acids is 2. The normalized spacial score (nSPS) is 20.2. The van der Waals surface area contributed by atoms with E-state index in [0.29, 0.717) is 56.1 Å². The number of benzene rings is 2. The minimum Gasteiger partial charge on any atom is -0.497 e. The van der Waals surface area contributed by atoms with E-state index in [1.165, 1.54) is 0 Å². The summed E-state index contributed by atoms with van der Waals surface area (Å²) in [5, 5.41) is 0. The highest BCUT2D eigenvalue weighted by atomic mass is 127. The third kappa shape index (κ3) is 4.20. The van der Waals surface area contributed by atoms with Crippen LogP contribution in [0.1, 0.15) is 54.1 Å². The van der Waals surface area contributed by atoms with Crippen molar-refractivity contribution in [2.75, 3.05) is 33.9 Å². The zero-order valence-corrected chi connectivity index (χ0v) is 23.8. The molecule has 1 spiro atoms. The van der Waals surface area contributed by atoms with Gasteiger partial charge < -0.3 is 22.3 Å². The molecule has 0 N–H and O–H groups in total. The Morgan fingerprint density at radius 3 is 2.51 bits per heavy atom. The molecule has 0 bridgehead atoms. The lowest BCUT2D eigenvalue weighted by molar-refractivity contribution is 0.0575. The molecule has 2 aromatic rings. The highest BCUT2D eigenvalue weighted by Gasteiger charge is 2.55. The number of carbonyl (C=O) groups is 2. The van der Waals surface area contributed by atoms with Gasteiger partial charge >= 0.3 is 6.03 Å². The molecule has 8 nitrogen and oxygen atoms in total. The van der Waals surface area contributed by atoms with Crippen LogP contribution in [-0.2, 0) is 6.54 Å². The molecule has 0 aliphatic carbocycles. The first-order valence-corrected chi connectivity index (χ1v) is 13.5. The van der Waals surface area contributed by atoms with Crippen LogP contribution in [0.2, 0.25) is 0 Å². The summed E-state index contributed by atoms with van der Waals surface area (Å²) in [7, 11) is 3.31. The standard InChI is InChI=1S/C28H32IN3O5/c1-5-32-27(34)31-17-20-15-22(35-3)16-23(36-4)25(20)18(2)13-24(31)28(32)9-11-30(12-10-28)26(33)19-7-6-8-21(14-19)37-29/h6-8,13-16,18H,5,9-12,17H2,1-4H3/t18-/m0/s1. The summed E-state index contributed by atoms with van der Waals surface area (Å²) in [6, 6.07) is 11.2. The highest BCUT2D eigenvalue weighted by Crippen LogP contribution is 2.49. The lowest BCUT2D eigenvalue weighted by Gasteiger charge is -2.44. The molecule has 3 aliphatic heterocycles. The molecular weight excluding hydrogens is 585 g/mol. The largest absolute Gasteiger partial charge is 0.497 e. The van der Waals surface area contributed by atoms with Crippen LogP contribution in [0.3, 0.4) is 0 Å². The predicted molar refractivity (Wildman–Crippen MR) is 148 cm³/mol. The van der Waals surface area contributed by atoms with Gasteiger partial charge in [-0.05, 0) is 49.6 Å². The fourth-order valence-corrected chi connectivity index (χ4v) is 6.48. The van der Waals surface area contributed by atoms with Gasteiger partial charge in [-0.3, -0.25) is 9.69 Å². The number of urea groups is 1. The van der Waals surface area contributed by atoms with Gasteiger partial charge in [-0.1, -0.05) is 19.1 Å². The summed E-state index contributed by atoms with van der Waals surface area (Å²) >= 11 is 1.82. The molecule has 37 heavy (non-hydrogen) atoms. The molecule has 0 saturated carbocycles. The smallest absolute Gasteiger partial charge is 0.325 e. The molecule has 196 valence electrons. The molecule has 9 heteroatoms. The number of halogens is 1. The molecule has 0 aromatic heterocycles. The zero-order valence-electron chi connectivity index (χ0n) is 21.6. The van der Waals surface area contributed by atoms with E-state index in [1.54, 1.807) is 20.3 Å². The third-order valence-corrected chi connectivity index (χ3v) is 8.47. The summed E-state index contributed by atoms with van der Waals surface area (Å²) < 4.78 is 16.5. The molecule has 2 fully saturated rings. The van der Waals surface area contributed by atoms with E-state index < -0.39 is 5.54 Å². The Hall–Kier alpha value is -2.95. The van der Waals surface area contributed by atoms with Gasteiger partial charge in [0.15, 0.2) is 23.0 Å². The van der Waals surface area contributed by atoms with E-state index in [-0.39, 0.29) is 17.9 Å². The minimum atomic E-state index is -0.441. The predicted octanol–water partition coefficient (Wildman–Crippen LogP) is 5.37. The van der Waals surface area contributed by atoms with E-state index in [2.05, 4.69) is 13.0 Å². The number of methoxy groups -OCH3 is 2. The Morgan fingerprint density at radius 1 is 1.11 bits per heavy atom. The summed E-state index contributed by atoms with van der Waals surface area (Å²) in [4.78, 5) is 32.9. The number of rotatable bonds is 5. The van der Waals surface area contributed by atoms with E-state index in [1.807, 2.05) is 75.0 Å². The van der Waals surface area contributed by atoms with Crippen molar-refractivity contribution in [2.24, 2.45) is 0 Å². The number of likely N-dealkylation sites (tertiary alicyclic amines) is 1. The number of allylic oxidation sites excluding steroid dienone is 1. The van der Waals surface area contributed by atoms with E-state index >= 15 is 0 Å². The number of piperidine rings is 1. The second-order valence-electron chi connectivity index (χ2n) is 9.78. The van der Waals surface area contributed by atoms with Gasteiger partial charge in [0, 0.05) is 48.4 Å². The van der Waals surface area contributed by atoms with Gasteiger partial charge in [-0.2, -0.15) is 0 Å². The second-order valence-corrected chi connectivity index (χ2v) is 10.2. The van der Waals surface area contributed by atoms with Crippen LogP contribution in [0, 0.1) is 0 Å². The fourth-order valence-electron chi connectivity index (χ4n) is 6.20. The van der Waals surface area contributed by atoms with E-state index in [9.17, 15) is 9.59 Å². The SMILES string of the molecule is CCN1C(=O)N2Cc3cc(OC)cc(OC)c3[C@@H](C)C=C2C12CCN(C(=O)c1cccc(OI)c1)CC2. The Morgan fingerprint density at radius 2 is 1.86 bits per heavy atom. The van der Waals surface area contributed by atoms with Crippen LogP contribution in [0.5, 0.6) is 17.2 Å². The van der Waals surface area contributed by atoms with Gasteiger partial charge in [0.05, 0.1) is 26.3 Å². The van der Waals surface area contributed by atoms with E-state index in [0.717, 1.165) is 22.6 Å². The summed E-state index contributed by atoms with van der Waals surface area (Å²) in [5.74, 6) is 2.17. The summed E-state index contributed by atoms with van der Waals surface area (Å²) in [6.45, 7) is 6.39. The minimum absolute atomic E-state index is 0.0122. The van der Waals surface area contributed by atoms with Crippen LogP contribution < -0.4 is 12.5 Å². The van der Waals surface area contributed by atoms with Crippen LogP contribution in [-0.4, -0.2) is 66.0 Å². The van der Waals surface area contributed by atoms with Crippen molar-refractivity contribution in [1.29, 1.82) is 0 Å². The van der Waals surface area contributed by atoms with Crippen LogP contribution >= 0.6 is 23.0 Å². The summed E-state index contributed by atoms with van der Waals surface area (Å²) in [6.07, 6.45) is 3.60. The molecule has 5 rings (SSSR count). The number of nitrogens with zero attached hydrogens (tertiary/aromatic N) is 3. The van der Waals surface area contributed by atoms with Crippen molar-refractivity contribution in [2.45, 2.75) is 44.7 Å². The quantitative estimate of drug-likeness (QED) is 0.423. The first-order valence-electron chi connectivity index (χ1n) is 12.6. The topological polar surface area (TPSA) is 71.6 Å². The van der Waals surface area contributed by atoms with Crippen LogP contribution in [0.25, 0.3) is 0 Å². The molecular formula is C28H32IN3O5. The fraction of sp³-hybridized carbons (Fsp3) is 0.429. The number of likely N-dealkylation sites (N-methyl/N-ethyl adjacent to an activating group) is 1. The van der Waals surface area contributed by atoms with Gasteiger partial charge in [-0.15, -0.1) is 0 Å². The number of amides is 3. The lowest BCUT2D eigenvalue weighted by atomic mass is 9.82. The number of fused-ring (bicyclic) bond motifs is 3. The Balaban J connectivity index is 1.47. The number of ether oxygens (including phenoxy) is 2. The van der Waals surface area contributed by atoms with Crippen molar-refractivity contribution >= 4 is 34.9 Å². The van der Waals surface area contributed by atoms with Crippen LogP contribution in [0.4, 0.5) is 4.79 Å². The van der Waals surface area contributed by atoms with Crippen molar-refractivity contribution in [3.63, 3.8) is 0 Å². The maximum absolute atomic E-state index is 13.8. The maximum Gasteiger partial charge on any atom is 0.325 e. The molecule has 1 atom stereocenters. The van der Waals surface area contributed by atoms with Gasteiger partial charge in [-0.25, -0.2) is 4.79 Å². The Labute approximate surface area is 231 Å². The third-order valence-electron chi connectivity index (χ3n) is 7.96. The van der Waals surface area contributed by atoms with Crippen molar-refractivity contribution in [3.05, 3.63) is 64.9 Å². The van der Waals surface area contributed by atoms with E-state index in [4.69, 9.17) is 12.5 Å². The highest BCUT2D eigenvalue weighted by molar-refractivity contribution is 14.1. The molecule has 3 aliphatic rings. The molecule has 0 radical (unpaired) electrons. The monoisotopic (exact) mass is 617 g/mol. The molecule has 3 heterocycles. The first-order chi connectivity index (χ1) is 17.9. The van der Waals surface area contributed by atoms with Gasteiger partial charge in [0.1, 0.15) is 17.2 Å². The summed E-state index contributed by atoms with van der Waals surface area (Å²) in [5.41, 5.74) is 3.32. The van der Waals surface area contributed by atoms with Crippen molar-refractivity contribution < 1.29 is 22.1 Å². The number of hydrogen-bond donors (Lipinski definition) is 0. The van der Waals surface area contributed by atoms with Gasteiger partial charge in [0.25, 0.3) is 5.91 Å². The zero-order chi connectivity index (χ0) is 26.3. The molecule has 0 unspecified atom stereocenters. The van der Waals surface area contributed by atoms with Crippen molar-refractivity contribution in [1.82, 2.24) is 14.7 Å². The average Bonchev–Trinajstić information content (AvgIpc) is 3.03. The average molecular weight is 617 g/mol.